The van der Waals surface area contributed by atoms with Crippen molar-refractivity contribution in [3.05, 3.63) is 42.5 Å². The van der Waals surface area contributed by atoms with Gasteiger partial charge >= 0.3 is 0 Å². The lowest BCUT2D eigenvalue weighted by molar-refractivity contribution is -0.126. The van der Waals surface area contributed by atoms with Gasteiger partial charge in [0.2, 0.25) is 5.91 Å². The number of hydrogen-bond acceptors (Lipinski definition) is 2. The van der Waals surface area contributed by atoms with Crippen LogP contribution in [-0.4, -0.2) is 19.0 Å². The Bertz CT molecular complexity index is 630. The number of nitrogens with one attached hydrogen (secondary N) is 2. The third-order valence-corrected chi connectivity index (χ3v) is 4.26. The van der Waals surface area contributed by atoms with Crippen molar-refractivity contribution in [2.75, 3.05) is 18.4 Å². The van der Waals surface area contributed by atoms with Crippen LogP contribution in [-0.2, 0) is 4.79 Å². The summed E-state index contributed by atoms with van der Waals surface area (Å²) in [5.74, 6) is 0.134. The van der Waals surface area contributed by atoms with Gasteiger partial charge < -0.3 is 10.6 Å². The van der Waals surface area contributed by atoms with Crippen molar-refractivity contribution < 1.29 is 4.79 Å². The number of amides is 1. The van der Waals surface area contributed by atoms with Crippen LogP contribution in [0.25, 0.3) is 10.8 Å². The Kier molecular flexibility index (Phi) is 3.45. The first-order valence-corrected chi connectivity index (χ1v) is 7.18. The number of fused-ring (bicyclic) bond motifs is 1. The number of benzene rings is 2. The lowest BCUT2D eigenvalue weighted by Crippen LogP contribution is -2.42. The molecule has 3 rings (SSSR count). The van der Waals surface area contributed by atoms with Gasteiger partial charge in [-0.1, -0.05) is 37.3 Å². The average Bonchev–Trinajstić information content (AvgIpc) is 2.48. The fourth-order valence-corrected chi connectivity index (χ4v) is 2.75. The molecule has 20 heavy (non-hydrogen) atoms. The summed E-state index contributed by atoms with van der Waals surface area (Å²) in [6.45, 7) is 3.90. The predicted molar refractivity (Wildman–Crippen MR) is 82.8 cm³/mol. The largest absolute Gasteiger partial charge is 0.326 e. The summed E-state index contributed by atoms with van der Waals surface area (Å²) in [6.07, 6.45) is 1.79. The quantitative estimate of drug-likeness (QED) is 0.878. The minimum absolute atomic E-state index is 0.134. The standard InChI is InChI=1S/C17H20N2O/c1-17(8-10-18-11-9-17)16(20)19-15-7-6-13-4-2-3-5-14(13)12-15/h2-7,12,18H,8-11H2,1H3,(H,19,20). The summed E-state index contributed by atoms with van der Waals surface area (Å²) in [4.78, 5) is 12.5. The number of rotatable bonds is 2. The molecule has 0 radical (unpaired) electrons. The maximum Gasteiger partial charge on any atom is 0.230 e. The van der Waals surface area contributed by atoms with Gasteiger partial charge in [-0.25, -0.2) is 0 Å². The van der Waals surface area contributed by atoms with Crippen LogP contribution in [0, 0.1) is 5.41 Å². The molecule has 0 bridgehead atoms. The Balaban J connectivity index is 1.80. The number of hydrogen-bond donors (Lipinski definition) is 2. The van der Waals surface area contributed by atoms with E-state index in [0.717, 1.165) is 37.0 Å². The molecule has 1 fully saturated rings. The summed E-state index contributed by atoms with van der Waals surface area (Å²) in [6, 6.07) is 14.3. The van der Waals surface area contributed by atoms with E-state index in [9.17, 15) is 4.79 Å². The monoisotopic (exact) mass is 268 g/mol. The molecule has 3 nitrogen and oxygen atoms in total. The highest BCUT2D eigenvalue weighted by molar-refractivity contribution is 5.97. The molecule has 0 unspecified atom stereocenters. The van der Waals surface area contributed by atoms with Gasteiger partial charge in [0.25, 0.3) is 0 Å². The van der Waals surface area contributed by atoms with Crippen molar-refractivity contribution in [2.45, 2.75) is 19.8 Å². The first kappa shape index (κ1) is 13.1. The Labute approximate surface area is 119 Å². The molecular formula is C17H20N2O. The lowest BCUT2D eigenvalue weighted by atomic mass is 9.80. The van der Waals surface area contributed by atoms with Crippen LogP contribution in [0.5, 0.6) is 0 Å². The molecule has 0 aliphatic carbocycles. The lowest BCUT2D eigenvalue weighted by Gasteiger charge is -2.32. The summed E-state index contributed by atoms with van der Waals surface area (Å²) < 4.78 is 0. The van der Waals surface area contributed by atoms with Crippen LogP contribution in [0.1, 0.15) is 19.8 Å². The Morgan fingerprint density at radius 2 is 1.80 bits per heavy atom. The van der Waals surface area contributed by atoms with E-state index in [1.54, 1.807) is 0 Å². The first-order valence-electron chi connectivity index (χ1n) is 7.18. The van der Waals surface area contributed by atoms with Gasteiger partial charge in [0, 0.05) is 11.1 Å². The highest BCUT2D eigenvalue weighted by Crippen LogP contribution is 2.30. The molecule has 104 valence electrons. The highest BCUT2D eigenvalue weighted by Gasteiger charge is 2.34. The van der Waals surface area contributed by atoms with E-state index in [-0.39, 0.29) is 11.3 Å². The molecule has 1 heterocycles. The van der Waals surface area contributed by atoms with Gasteiger partial charge in [0.1, 0.15) is 0 Å². The molecule has 2 N–H and O–H groups in total. The normalized spacial score (nSPS) is 17.9. The zero-order valence-electron chi connectivity index (χ0n) is 11.8. The molecule has 3 heteroatoms. The van der Waals surface area contributed by atoms with E-state index in [1.165, 1.54) is 5.39 Å². The molecule has 0 atom stereocenters. The van der Waals surface area contributed by atoms with Crippen LogP contribution in [0.4, 0.5) is 5.69 Å². The van der Waals surface area contributed by atoms with Crippen molar-refractivity contribution in [1.82, 2.24) is 5.32 Å². The fourth-order valence-electron chi connectivity index (χ4n) is 2.75. The first-order chi connectivity index (χ1) is 9.67. The van der Waals surface area contributed by atoms with Gasteiger partial charge in [0.05, 0.1) is 0 Å². The summed E-state index contributed by atoms with van der Waals surface area (Å²) in [5.41, 5.74) is 0.630. The molecule has 2 aromatic rings. The Morgan fingerprint density at radius 1 is 1.10 bits per heavy atom. The molecule has 1 aliphatic heterocycles. The number of carbonyl (C=O) groups excluding carboxylic acids is 1. The third-order valence-electron chi connectivity index (χ3n) is 4.26. The third kappa shape index (κ3) is 2.54. The molecule has 0 saturated carbocycles. The van der Waals surface area contributed by atoms with E-state index in [1.807, 2.05) is 24.3 Å². The van der Waals surface area contributed by atoms with E-state index in [0.29, 0.717) is 0 Å². The van der Waals surface area contributed by atoms with Crippen molar-refractivity contribution >= 4 is 22.4 Å². The summed E-state index contributed by atoms with van der Waals surface area (Å²) in [7, 11) is 0. The second-order valence-corrected chi connectivity index (χ2v) is 5.83. The van der Waals surface area contributed by atoms with E-state index < -0.39 is 0 Å². The smallest absolute Gasteiger partial charge is 0.230 e. The van der Waals surface area contributed by atoms with Gasteiger partial charge in [-0.2, -0.15) is 0 Å². The van der Waals surface area contributed by atoms with Gasteiger partial charge in [-0.05, 0) is 48.8 Å². The SMILES string of the molecule is CC1(C(=O)Nc2ccc3ccccc3c2)CCNCC1. The van der Waals surface area contributed by atoms with Gasteiger partial charge in [0.15, 0.2) is 0 Å². The highest BCUT2D eigenvalue weighted by atomic mass is 16.2. The zero-order valence-corrected chi connectivity index (χ0v) is 11.8. The summed E-state index contributed by atoms with van der Waals surface area (Å²) in [5, 5.41) is 8.73. The predicted octanol–water partition coefficient (Wildman–Crippen LogP) is 3.17. The van der Waals surface area contributed by atoms with Crippen molar-refractivity contribution in [3.8, 4) is 0 Å². The van der Waals surface area contributed by atoms with E-state index in [4.69, 9.17) is 0 Å². The number of piperidine rings is 1. The second-order valence-electron chi connectivity index (χ2n) is 5.83. The minimum Gasteiger partial charge on any atom is -0.326 e. The maximum absolute atomic E-state index is 12.5. The average molecular weight is 268 g/mol. The molecular weight excluding hydrogens is 248 g/mol. The molecule has 0 spiro atoms. The van der Waals surface area contributed by atoms with Crippen LogP contribution in [0.2, 0.25) is 0 Å². The number of carbonyl (C=O) groups is 1. The van der Waals surface area contributed by atoms with Crippen LogP contribution >= 0.6 is 0 Å². The molecule has 0 aromatic heterocycles. The van der Waals surface area contributed by atoms with Crippen LogP contribution < -0.4 is 10.6 Å². The molecule has 1 amide bonds. The molecule has 1 aliphatic rings. The van der Waals surface area contributed by atoms with Crippen molar-refractivity contribution in [2.24, 2.45) is 5.41 Å². The van der Waals surface area contributed by atoms with Crippen LogP contribution in [0.15, 0.2) is 42.5 Å². The van der Waals surface area contributed by atoms with E-state index in [2.05, 4.69) is 35.8 Å². The van der Waals surface area contributed by atoms with Gasteiger partial charge in [-0.15, -0.1) is 0 Å². The molecule has 2 aromatic carbocycles. The van der Waals surface area contributed by atoms with E-state index >= 15 is 0 Å². The van der Waals surface area contributed by atoms with Crippen molar-refractivity contribution in [1.29, 1.82) is 0 Å². The topological polar surface area (TPSA) is 41.1 Å². The van der Waals surface area contributed by atoms with Crippen LogP contribution in [0.3, 0.4) is 0 Å². The zero-order chi connectivity index (χ0) is 14.0. The van der Waals surface area contributed by atoms with Crippen molar-refractivity contribution in [3.63, 3.8) is 0 Å². The maximum atomic E-state index is 12.5. The summed E-state index contributed by atoms with van der Waals surface area (Å²) >= 11 is 0. The Hall–Kier alpha value is -1.87. The fraction of sp³-hybridized carbons (Fsp3) is 0.353. The minimum atomic E-state index is -0.253. The molecule has 1 saturated heterocycles. The van der Waals surface area contributed by atoms with Gasteiger partial charge in [-0.3, -0.25) is 4.79 Å². The second kappa shape index (κ2) is 5.25. The number of anilines is 1. The Morgan fingerprint density at radius 3 is 2.55 bits per heavy atom.